The molecule has 24 heavy (non-hydrogen) atoms. The standard InChI is InChI=1S/C16H14F2N4OS/c1-9-20-22-15(23)6-11(19-16(22)24-9)8-21-4-2-3-10-5-12(17)13(18)7-14(10)21/h5-7H,2-4,8H2,1H3. The third-order valence-electron chi connectivity index (χ3n) is 4.09. The second kappa shape index (κ2) is 5.62. The minimum absolute atomic E-state index is 0.234. The Morgan fingerprint density at radius 2 is 2.04 bits per heavy atom. The number of hydrogen-bond acceptors (Lipinski definition) is 5. The molecule has 1 aliphatic heterocycles. The van der Waals surface area contributed by atoms with Crippen LogP contribution in [0.25, 0.3) is 4.96 Å². The number of rotatable bonds is 2. The van der Waals surface area contributed by atoms with Crippen LogP contribution in [0.5, 0.6) is 0 Å². The van der Waals surface area contributed by atoms with Gasteiger partial charge in [-0.2, -0.15) is 9.61 Å². The highest BCUT2D eigenvalue weighted by Crippen LogP contribution is 2.30. The fraction of sp³-hybridized carbons (Fsp3) is 0.312. The van der Waals surface area contributed by atoms with Gasteiger partial charge in [-0.1, -0.05) is 11.3 Å². The van der Waals surface area contributed by atoms with Crippen LogP contribution in [0.15, 0.2) is 23.0 Å². The van der Waals surface area contributed by atoms with E-state index in [1.807, 2.05) is 11.8 Å². The maximum Gasteiger partial charge on any atom is 0.275 e. The third kappa shape index (κ3) is 2.56. The van der Waals surface area contributed by atoms with Crippen LogP contribution in [-0.4, -0.2) is 21.1 Å². The Morgan fingerprint density at radius 1 is 1.25 bits per heavy atom. The fourth-order valence-electron chi connectivity index (χ4n) is 3.05. The quantitative estimate of drug-likeness (QED) is 0.714. The summed E-state index contributed by atoms with van der Waals surface area (Å²) in [5.74, 6) is -1.68. The lowest BCUT2D eigenvalue weighted by atomic mass is 10.0. The summed E-state index contributed by atoms with van der Waals surface area (Å²) < 4.78 is 28.3. The van der Waals surface area contributed by atoms with E-state index in [0.717, 1.165) is 17.0 Å². The van der Waals surface area contributed by atoms with Crippen LogP contribution >= 0.6 is 11.3 Å². The van der Waals surface area contributed by atoms with Crippen LogP contribution in [0.2, 0.25) is 0 Å². The van der Waals surface area contributed by atoms with E-state index in [0.29, 0.717) is 35.9 Å². The lowest BCUT2D eigenvalue weighted by Gasteiger charge is -2.31. The van der Waals surface area contributed by atoms with Crippen molar-refractivity contribution in [2.24, 2.45) is 0 Å². The predicted molar refractivity (Wildman–Crippen MR) is 87.6 cm³/mol. The van der Waals surface area contributed by atoms with Gasteiger partial charge in [0, 0.05) is 24.4 Å². The lowest BCUT2D eigenvalue weighted by Crippen LogP contribution is -2.30. The van der Waals surface area contributed by atoms with Gasteiger partial charge in [0.05, 0.1) is 12.2 Å². The van der Waals surface area contributed by atoms with Crippen LogP contribution < -0.4 is 10.5 Å². The summed E-state index contributed by atoms with van der Waals surface area (Å²) in [6.07, 6.45) is 1.56. The Hall–Kier alpha value is -2.35. The third-order valence-corrected chi connectivity index (χ3v) is 4.91. The minimum atomic E-state index is -0.859. The van der Waals surface area contributed by atoms with Crippen molar-refractivity contribution in [1.29, 1.82) is 0 Å². The molecule has 0 aliphatic carbocycles. The van der Waals surface area contributed by atoms with Crippen molar-refractivity contribution in [1.82, 2.24) is 14.6 Å². The first-order valence-corrected chi connectivity index (χ1v) is 8.42. The van der Waals surface area contributed by atoms with Crippen molar-refractivity contribution in [3.8, 4) is 0 Å². The lowest BCUT2D eigenvalue weighted by molar-refractivity contribution is 0.504. The average molecular weight is 348 g/mol. The van der Waals surface area contributed by atoms with Gasteiger partial charge in [-0.3, -0.25) is 4.79 Å². The first-order valence-electron chi connectivity index (χ1n) is 7.60. The monoisotopic (exact) mass is 348 g/mol. The highest BCUT2D eigenvalue weighted by Gasteiger charge is 2.21. The molecule has 0 amide bonds. The first-order chi connectivity index (χ1) is 11.5. The van der Waals surface area contributed by atoms with Crippen molar-refractivity contribution in [2.75, 3.05) is 11.4 Å². The van der Waals surface area contributed by atoms with E-state index >= 15 is 0 Å². The molecule has 0 spiro atoms. The summed E-state index contributed by atoms with van der Waals surface area (Å²) >= 11 is 1.35. The molecule has 4 rings (SSSR count). The molecule has 0 bridgehead atoms. The van der Waals surface area contributed by atoms with Gasteiger partial charge in [-0.15, -0.1) is 0 Å². The number of benzene rings is 1. The van der Waals surface area contributed by atoms with E-state index in [4.69, 9.17) is 0 Å². The van der Waals surface area contributed by atoms with Gasteiger partial charge in [-0.25, -0.2) is 13.8 Å². The van der Waals surface area contributed by atoms with Crippen molar-refractivity contribution in [2.45, 2.75) is 26.3 Å². The molecule has 0 atom stereocenters. The molecule has 0 N–H and O–H groups in total. The second-order valence-electron chi connectivity index (χ2n) is 5.82. The van der Waals surface area contributed by atoms with E-state index in [1.54, 1.807) is 0 Å². The van der Waals surface area contributed by atoms with Crippen LogP contribution in [0.4, 0.5) is 14.5 Å². The second-order valence-corrected chi connectivity index (χ2v) is 6.98. The first kappa shape index (κ1) is 15.2. The number of fused-ring (bicyclic) bond motifs is 2. The maximum absolute atomic E-state index is 13.6. The molecular weight excluding hydrogens is 334 g/mol. The SMILES string of the molecule is Cc1nn2c(=O)cc(CN3CCCc4cc(F)c(F)cc43)nc2s1. The zero-order valence-electron chi connectivity index (χ0n) is 12.9. The van der Waals surface area contributed by atoms with Crippen LogP contribution in [-0.2, 0) is 13.0 Å². The minimum Gasteiger partial charge on any atom is -0.365 e. The van der Waals surface area contributed by atoms with Crippen LogP contribution in [0, 0.1) is 18.6 Å². The number of anilines is 1. The Labute approximate surface area is 140 Å². The topological polar surface area (TPSA) is 50.5 Å². The van der Waals surface area contributed by atoms with E-state index < -0.39 is 11.6 Å². The summed E-state index contributed by atoms with van der Waals surface area (Å²) in [6.45, 7) is 2.90. The molecule has 2 aromatic heterocycles. The zero-order valence-corrected chi connectivity index (χ0v) is 13.7. The predicted octanol–water partition coefficient (Wildman–Crippen LogP) is 2.69. The molecule has 0 unspecified atom stereocenters. The summed E-state index contributed by atoms with van der Waals surface area (Å²) in [6, 6.07) is 3.93. The Kier molecular flexibility index (Phi) is 3.56. The molecule has 0 saturated heterocycles. The maximum atomic E-state index is 13.6. The van der Waals surface area contributed by atoms with Crippen molar-refractivity contribution >= 4 is 22.0 Å². The highest BCUT2D eigenvalue weighted by atomic mass is 32.1. The molecule has 8 heteroatoms. The Balaban J connectivity index is 1.72. The fourth-order valence-corrected chi connectivity index (χ4v) is 3.81. The number of halogens is 2. The number of nitrogens with zero attached hydrogens (tertiary/aromatic N) is 4. The molecule has 1 aromatic carbocycles. The molecular formula is C16H14F2N4OS. The van der Waals surface area contributed by atoms with E-state index in [2.05, 4.69) is 10.1 Å². The molecule has 0 radical (unpaired) electrons. The van der Waals surface area contributed by atoms with Crippen molar-refractivity contribution in [3.63, 3.8) is 0 Å². The summed E-state index contributed by atoms with van der Waals surface area (Å²) in [7, 11) is 0. The molecule has 3 heterocycles. The van der Waals surface area contributed by atoms with Gasteiger partial charge in [0.1, 0.15) is 5.01 Å². The summed E-state index contributed by atoms with van der Waals surface area (Å²) in [5.41, 5.74) is 1.82. The van der Waals surface area contributed by atoms with Gasteiger partial charge in [0.15, 0.2) is 11.6 Å². The van der Waals surface area contributed by atoms with Gasteiger partial charge < -0.3 is 4.90 Å². The van der Waals surface area contributed by atoms with Crippen molar-refractivity contribution < 1.29 is 8.78 Å². The van der Waals surface area contributed by atoms with Crippen LogP contribution in [0.1, 0.15) is 22.7 Å². The largest absolute Gasteiger partial charge is 0.365 e. The number of hydrogen-bond donors (Lipinski definition) is 0. The Morgan fingerprint density at radius 3 is 2.88 bits per heavy atom. The molecule has 1 aliphatic rings. The molecule has 0 saturated carbocycles. The molecule has 5 nitrogen and oxygen atoms in total. The molecule has 124 valence electrons. The smallest absolute Gasteiger partial charge is 0.275 e. The zero-order chi connectivity index (χ0) is 16.8. The van der Waals surface area contributed by atoms with E-state index in [9.17, 15) is 13.6 Å². The summed E-state index contributed by atoms with van der Waals surface area (Å²) in [5, 5.41) is 4.87. The number of aromatic nitrogens is 3. The van der Waals surface area contributed by atoms with E-state index in [1.165, 1.54) is 34.1 Å². The van der Waals surface area contributed by atoms with Gasteiger partial charge in [0.25, 0.3) is 5.56 Å². The van der Waals surface area contributed by atoms with Gasteiger partial charge >= 0.3 is 0 Å². The summed E-state index contributed by atoms with van der Waals surface area (Å²) in [4.78, 5) is 19.1. The molecule has 0 fully saturated rings. The number of aryl methyl sites for hydroxylation is 2. The van der Waals surface area contributed by atoms with E-state index in [-0.39, 0.29) is 5.56 Å². The van der Waals surface area contributed by atoms with Crippen molar-refractivity contribution in [3.05, 3.63) is 56.5 Å². The highest BCUT2D eigenvalue weighted by molar-refractivity contribution is 7.16. The van der Waals surface area contributed by atoms with Gasteiger partial charge in [0.2, 0.25) is 4.96 Å². The Bertz CT molecular complexity index is 998. The van der Waals surface area contributed by atoms with Crippen LogP contribution in [0.3, 0.4) is 0 Å². The molecule has 3 aromatic rings. The van der Waals surface area contributed by atoms with Gasteiger partial charge in [-0.05, 0) is 31.4 Å². The average Bonchev–Trinajstić information content (AvgIpc) is 2.90. The normalized spacial score (nSPS) is 14.2.